The van der Waals surface area contributed by atoms with E-state index in [1.807, 2.05) is 0 Å². The van der Waals surface area contributed by atoms with Gasteiger partial charge in [0.05, 0.1) is 6.61 Å². The van der Waals surface area contributed by atoms with Crippen molar-refractivity contribution in [2.45, 2.75) is 124 Å². The standard InChI is InChI=1S/C25H46O4/c1-5-7-8-9-10-11-12-13-14-15-16-17-18-19-23(20-21(3)26)24(22(4)27)25(28)29-6-2/h23-24H,5-20H2,1-4H3. The molecular formula is C25H46O4. The Balaban J connectivity index is 4.01. The third-order valence-electron chi connectivity index (χ3n) is 5.68. The lowest BCUT2D eigenvalue weighted by Crippen LogP contribution is -2.33. The van der Waals surface area contributed by atoms with Crippen LogP contribution < -0.4 is 0 Å². The molecule has 0 aromatic rings. The zero-order valence-electron chi connectivity index (χ0n) is 19.6. The smallest absolute Gasteiger partial charge is 0.316 e. The van der Waals surface area contributed by atoms with Crippen LogP contribution in [0.1, 0.15) is 124 Å². The van der Waals surface area contributed by atoms with E-state index in [1.54, 1.807) is 6.92 Å². The van der Waals surface area contributed by atoms with Gasteiger partial charge >= 0.3 is 5.97 Å². The first-order valence-corrected chi connectivity index (χ1v) is 12.1. The van der Waals surface area contributed by atoms with Crippen molar-refractivity contribution in [1.29, 1.82) is 0 Å². The molecule has 0 aliphatic carbocycles. The molecule has 0 radical (unpaired) electrons. The molecule has 2 unspecified atom stereocenters. The Kier molecular flexibility index (Phi) is 18.0. The van der Waals surface area contributed by atoms with Gasteiger partial charge in [0.1, 0.15) is 17.5 Å². The maximum absolute atomic E-state index is 12.2. The van der Waals surface area contributed by atoms with E-state index in [0.29, 0.717) is 0 Å². The molecule has 4 nitrogen and oxygen atoms in total. The van der Waals surface area contributed by atoms with Crippen molar-refractivity contribution in [3.05, 3.63) is 0 Å². The molecule has 0 aromatic heterocycles. The van der Waals surface area contributed by atoms with Crippen LogP contribution in [0.2, 0.25) is 0 Å². The van der Waals surface area contributed by atoms with Crippen LogP contribution in [0.15, 0.2) is 0 Å². The Morgan fingerprint density at radius 3 is 1.52 bits per heavy atom. The fraction of sp³-hybridized carbons (Fsp3) is 0.880. The molecule has 0 amide bonds. The number of ketones is 2. The summed E-state index contributed by atoms with van der Waals surface area (Å²) in [5, 5.41) is 0. The van der Waals surface area contributed by atoms with Crippen molar-refractivity contribution in [1.82, 2.24) is 0 Å². The van der Waals surface area contributed by atoms with E-state index in [9.17, 15) is 14.4 Å². The number of carbonyl (C=O) groups excluding carboxylic acids is 3. The zero-order valence-corrected chi connectivity index (χ0v) is 19.6. The highest BCUT2D eigenvalue weighted by atomic mass is 16.5. The fourth-order valence-corrected chi connectivity index (χ4v) is 4.10. The molecule has 29 heavy (non-hydrogen) atoms. The van der Waals surface area contributed by atoms with E-state index in [4.69, 9.17) is 4.74 Å². The lowest BCUT2D eigenvalue weighted by atomic mass is 9.82. The Bertz CT molecular complexity index is 444. The van der Waals surface area contributed by atoms with Crippen LogP contribution >= 0.6 is 0 Å². The maximum Gasteiger partial charge on any atom is 0.316 e. The summed E-state index contributed by atoms with van der Waals surface area (Å²) in [7, 11) is 0. The Morgan fingerprint density at radius 1 is 0.690 bits per heavy atom. The summed E-state index contributed by atoms with van der Waals surface area (Å²) in [6.45, 7) is 7.21. The molecule has 0 aromatic carbocycles. The van der Waals surface area contributed by atoms with Crippen LogP contribution in [-0.2, 0) is 19.1 Å². The van der Waals surface area contributed by atoms with Gasteiger partial charge in [0.15, 0.2) is 0 Å². The van der Waals surface area contributed by atoms with E-state index in [2.05, 4.69) is 6.92 Å². The van der Waals surface area contributed by atoms with Gasteiger partial charge in [-0.2, -0.15) is 0 Å². The quantitative estimate of drug-likeness (QED) is 0.125. The Hall–Kier alpha value is -1.19. The molecule has 0 spiro atoms. The minimum atomic E-state index is -0.795. The zero-order chi connectivity index (χ0) is 21.9. The summed E-state index contributed by atoms with van der Waals surface area (Å²) >= 11 is 0. The van der Waals surface area contributed by atoms with Gasteiger partial charge in [-0.1, -0.05) is 90.4 Å². The van der Waals surface area contributed by atoms with Crippen LogP contribution in [0.25, 0.3) is 0 Å². The van der Waals surface area contributed by atoms with Gasteiger partial charge in [0.25, 0.3) is 0 Å². The van der Waals surface area contributed by atoms with Gasteiger partial charge in [0, 0.05) is 6.42 Å². The van der Waals surface area contributed by atoms with Gasteiger partial charge < -0.3 is 9.53 Å². The van der Waals surface area contributed by atoms with Gasteiger partial charge in [-0.05, 0) is 33.1 Å². The lowest BCUT2D eigenvalue weighted by Gasteiger charge is -2.23. The summed E-state index contributed by atoms with van der Waals surface area (Å²) in [6.07, 6.45) is 17.7. The van der Waals surface area contributed by atoms with Crippen LogP contribution in [0.3, 0.4) is 0 Å². The molecule has 0 heterocycles. The van der Waals surface area contributed by atoms with E-state index < -0.39 is 11.9 Å². The molecular weight excluding hydrogens is 364 g/mol. The summed E-state index contributed by atoms with van der Waals surface area (Å²) in [5.74, 6) is -1.65. The Labute approximate surface area is 179 Å². The number of ether oxygens (including phenoxy) is 1. The number of unbranched alkanes of at least 4 members (excludes halogenated alkanes) is 12. The predicted molar refractivity (Wildman–Crippen MR) is 120 cm³/mol. The van der Waals surface area contributed by atoms with Crippen LogP contribution in [0.4, 0.5) is 0 Å². The van der Waals surface area contributed by atoms with Gasteiger partial charge in [-0.15, -0.1) is 0 Å². The average molecular weight is 411 g/mol. The Morgan fingerprint density at radius 2 is 1.14 bits per heavy atom. The maximum atomic E-state index is 12.2. The fourth-order valence-electron chi connectivity index (χ4n) is 4.10. The highest BCUT2D eigenvalue weighted by Gasteiger charge is 2.33. The normalized spacial score (nSPS) is 13.1. The highest BCUT2D eigenvalue weighted by Crippen LogP contribution is 2.26. The predicted octanol–water partition coefficient (Wildman–Crippen LogP) is 6.83. The monoisotopic (exact) mass is 410 g/mol. The molecule has 4 heteroatoms. The first-order valence-electron chi connectivity index (χ1n) is 12.1. The average Bonchev–Trinajstić information content (AvgIpc) is 2.65. The molecule has 170 valence electrons. The molecule has 0 saturated heterocycles. The van der Waals surface area contributed by atoms with Crippen molar-refractivity contribution in [3.8, 4) is 0 Å². The van der Waals surface area contributed by atoms with Crippen molar-refractivity contribution in [2.75, 3.05) is 6.61 Å². The van der Waals surface area contributed by atoms with Crippen molar-refractivity contribution in [2.24, 2.45) is 11.8 Å². The van der Waals surface area contributed by atoms with Crippen LogP contribution in [-0.4, -0.2) is 24.1 Å². The summed E-state index contributed by atoms with van der Waals surface area (Å²) in [5.41, 5.74) is 0. The van der Waals surface area contributed by atoms with Crippen molar-refractivity contribution < 1.29 is 19.1 Å². The minimum Gasteiger partial charge on any atom is -0.465 e. The van der Waals surface area contributed by atoms with E-state index in [1.165, 1.54) is 84.5 Å². The SMILES string of the molecule is CCCCCCCCCCCCCCCC(CC(C)=O)C(C(C)=O)C(=O)OCC. The van der Waals surface area contributed by atoms with Crippen molar-refractivity contribution >= 4 is 17.5 Å². The lowest BCUT2D eigenvalue weighted by molar-refractivity contribution is -0.153. The van der Waals surface area contributed by atoms with Crippen LogP contribution in [0, 0.1) is 11.8 Å². The number of esters is 1. The second-order valence-electron chi connectivity index (χ2n) is 8.54. The number of rotatable bonds is 20. The molecule has 0 aliphatic rings. The molecule has 0 fully saturated rings. The van der Waals surface area contributed by atoms with Gasteiger partial charge in [-0.3, -0.25) is 9.59 Å². The van der Waals surface area contributed by atoms with Gasteiger partial charge in [-0.25, -0.2) is 0 Å². The minimum absolute atomic E-state index is 0.0280. The van der Waals surface area contributed by atoms with Crippen LogP contribution in [0.5, 0.6) is 0 Å². The summed E-state index contributed by atoms with van der Waals surface area (Å²) in [6, 6.07) is 0. The number of hydrogen-bond donors (Lipinski definition) is 0. The largest absolute Gasteiger partial charge is 0.465 e. The summed E-state index contributed by atoms with van der Waals surface area (Å²) < 4.78 is 5.08. The molecule has 0 saturated carbocycles. The first-order chi connectivity index (χ1) is 13.9. The summed E-state index contributed by atoms with van der Waals surface area (Å²) in [4.78, 5) is 35.8. The molecule has 0 N–H and O–H groups in total. The van der Waals surface area contributed by atoms with Gasteiger partial charge in [0.2, 0.25) is 0 Å². The number of carbonyl (C=O) groups is 3. The van der Waals surface area contributed by atoms with E-state index >= 15 is 0 Å². The highest BCUT2D eigenvalue weighted by molar-refractivity contribution is 5.98. The molecule has 0 rings (SSSR count). The molecule has 0 bridgehead atoms. The van der Waals surface area contributed by atoms with Crippen molar-refractivity contribution in [3.63, 3.8) is 0 Å². The first kappa shape index (κ1) is 27.8. The number of hydrogen-bond acceptors (Lipinski definition) is 4. The van der Waals surface area contributed by atoms with E-state index in [-0.39, 0.29) is 30.5 Å². The number of Topliss-reactive ketones (excluding diaryl/α,β-unsaturated/α-hetero) is 2. The molecule has 2 atom stereocenters. The topological polar surface area (TPSA) is 60.4 Å². The second-order valence-corrected chi connectivity index (χ2v) is 8.54. The second kappa shape index (κ2) is 18.8. The molecule has 0 aliphatic heterocycles. The third kappa shape index (κ3) is 15.3. The third-order valence-corrected chi connectivity index (χ3v) is 5.68. The van der Waals surface area contributed by atoms with E-state index in [0.717, 1.165) is 19.3 Å².